The van der Waals surface area contributed by atoms with E-state index in [1.54, 1.807) is 7.11 Å². The molecule has 108 valence electrons. The van der Waals surface area contributed by atoms with Crippen LogP contribution >= 0.6 is 0 Å². The van der Waals surface area contributed by atoms with E-state index in [4.69, 9.17) is 4.74 Å². The summed E-state index contributed by atoms with van der Waals surface area (Å²) in [6, 6.07) is 0. The molecule has 1 atom stereocenters. The number of aliphatic hydroxyl groups excluding tert-OH is 1. The van der Waals surface area contributed by atoms with Gasteiger partial charge in [-0.1, -0.05) is 43.8 Å². The van der Waals surface area contributed by atoms with Gasteiger partial charge in [-0.2, -0.15) is 0 Å². The van der Waals surface area contributed by atoms with Crippen molar-refractivity contribution < 1.29 is 9.84 Å². The molecule has 19 heavy (non-hydrogen) atoms. The van der Waals surface area contributed by atoms with Crippen molar-refractivity contribution in [2.45, 2.75) is 70.3 Å². The van der Waals surface area contributed by atoms with Gasteiger partial charge in [0.05, 0.1) is 19.0 Å². The van der Waals surface area contributed by atoms with Crippen LogP contribution in [-0.4, -0.2) is 18.3 Å². The summed E-state index contributed by atoms with van der Waals surface area (Å²) in [7, 11) is 1.73. The standard InChI is InChI=1S/C17H28O2/c1-19-17-9-5-8-15(13-17)12-16(18)11-10-14-6-3-2-4-7-14/h8-9,14,16,18H,2-7,10-13H2,1H3. The zero-order valence-electron chi connectivity index (χ0n) is 12.2. The van der Waals surface area contributed by atoms with Crippen molar-refractivity contribution in [1.82, 2.24) is 0 Å². The van der Waals surface area contributed by atoms with Crippen molar-refractivity contribution in [3.05, 3.63) is 23.5 Å². The molecule has 0 bridgehead atoms. The van der Waals surface area contributed by atoms with Crippen molar-refractivity contribution in [2.75, 3.05) is 7.11 Å². The predicted octanol–water partition coefficient (Wildman–Crippen LogP) is 4.35. The Morgan fingerprint density at radius 2 is 2.05 bits per heavy atom. The van der Waals surface area contributed by atoms with Crippen LogP contribution < -0.4 is 0 Å². The third-order valence-corrected chi connectivity index (χ3v) is 4.55. The molecular weight excluding hydrogens is 236 g/mol. The lowest BCUT2D eigenvalue weighted by atomic mass is 9.85. The minimum Gasteiger partial charge on any atom is -0.501 e. The lowest BCUT2D eigenvalue weighted by Gasteiger charge is -2.23. The number of aliphatic hydroxyl groups is 1. The first-order valence-corrected chi connectivity index (χ1v) is 7.87. The molecule has 2 rings (SSSR count). The molecule has 0 aromatic heterocycles. The summed E-state index contributed by atoms with van der Waals surface area (Å²) in [6.45, 7) is 0. The van der Waals surface area contributed by atoms with Crippen LogP contribution in [0.2, 0.25) is 0 Å². The topological polar surface area (TPSA) is 29.5 Å². The maximum absolute atomic E-state index is 10.2. The number of allylic oxidation sites excluding steroid dienone is 3. The van der Waals surface area contributed by atoms with Crippen LogP contribution in [0.5, 0.6) is 0 Å². The van der Waals surface area contributed by atoms with Crippen molar-refractivity contribution in [3.8, 4) is 0 Å². The third-order valence-electron chi connectivity index (χ3n) is 4.55. The molecule has 2 nitrogen and oxygen atoms in total. The Morgan fingerprint density at radius 3 is 2.79 bits per heavy atom. The summed E-state index contributed by atoms with van der Waals surface area (Å²) < 4.78 is 5.30. The SMILES string of the molecule is COC1=CCC=C(CC(O)CCC2CCCCC2)C1. The molecule has 1 saturated carbocycles. The Kier molecular flexibility index (Phi) is 5.96. The van der Waals surface area contributed by atoms with Crippen molar-refractivity contribution in [2.24, 2.45) is 5.92 Å². The predicted molar refractivity (Wildman–Crippen MR) is 78.8 cm³/mol. The lowest BCUT2D eigenvalue weighted by Crippen LogP contribution is -2.13. The van der Waals surface area contributed by atoms with Crippen LogP contribution in [0.1, 0.15) is 64.2 Å². The summed E-state index contributed by atoms with van der Waals surface area (Å²) in [6.07, 6.45) is 16.0. The van der Waals surface area contributed by atoms with Gasteiger partial charge in [-0.25, -0.2) is 0 Å². The number of hydrogen-bond donors (Lipinski definition) is 1. The fraction of sp³-hybridized carbons (Fsp3) is 0.765. The Balaban J connectivity index is 1.66. The Labute approximate surface area is 117 Å². The molecule has 0 aliphatic heterocycles. The largest absolute Gasteiger partial charge is 0.501 e. The maximum Gasteiger partial charge on any atom is 0.0959 e. The van der Waals surface area contributed by atoms with Crippen LogP contribution in [-0.2, 0) is 4.74 Å². The molecule has 2 aliphatic carbocycles. The molecular formula is C17H28O2. The highest BCUT2D eigenvalue weighted by Crippen LogP contribution is 2.29. The average molecular weight is 264 g/mol. The molecule has 0 aromatic rings. The highest BCUT2D eigenvalue weighted by molar-refractivity contribution is 5.19. The lowest BCUT2D eigenvalue weighted by molar-refractivity contribution is 0.147. The summed E-state index contributed by atoms with van der Waals surface area (Å²) in [4.78, 5) is 0. The fourth-order valence-electron chi connectivity index (χ4n) is 3.34. The molecule has 1 unspecified atom stereocenters. The molecule has 0 spiro atoms. The molecule has 0 heterocycles. The van der Waals surface area contributed by atoms with Crippen LogP contribution in [0, 0.1) is 5.92 Å². The van der Waals surface area contributed by atoms with E-state index < -0.39 is 0 Å². The Morgan fingerprint density at radius 1 is 1.26 bits per heavy atom. The van der Waals surface area contributed by atoms with Gasteiger partial charge in [-0.3, -0.25) is 0 Å². The van der Waals surface area contributed by atoms with Gasteiger partial charge in [0.2, 0.25) is 0 Å². The van der Waals surface area contributed by atoms with Crippen LogP contribution in [0.4, 0.5) is 0 Å². The van der Waals surface area contributed by atoms with Gasteiger partial charge in [0.15, 0.2) is 0 Å². The Bertz CT molecular complexity index is 324. The zero-order chi connectivity index (χ0) is 13.5. The number of ether oxygens (including phenoxy) is 1. The summed E-state index contributed by atoms with van der Waals surface area (Å²) in [5.74, 6) is 1.93. The van der Waals surface area contributed by atoms with Gasteiger partial charge in [-0.05, 0) is 37.7 Å². The van der Waals surface area contributed by atoms with Crippen LogP contribution in [0.3, 0.4) is 0 Å². The van der Waals surface area contributed by atoms with Crippen molar-refractivity contribution in [3.63, 3.8) is 0 Å². The summed E-state index contributed by atoms with van der Waals surface area (Å²) >= 11 is 0. The smallest absolute Gasteiger partial charge is 0.0959 e. The molecule has 2 heteroatoms. The second-order valence-electron chi connectivity index (χ2n) is 6.09. The summed E-state index contributed by atoms with van der Waals surface area (Å²) in [5, 5.41) is 10.2. The Hall–Kier alpha value is -0.760. The second kappa shape index (κ2) is 7.74. The van der Waals surface area contributed by atoms with E-state index in [1.165, 1.54) is 44.1 Å². The van der Waals surface area contributed by atoms with Crippen LogP contribution in [0.25, 0.3) is 0 Å². The average Bonchev–Trinajstić information content (AvgIpc) is 2.46. The monoisotopic (exact) mass is 264 g/mol. The third kappa shape index (κ3) is 5.02. The van der Waals surface area contributed by atoms with E-state index in [-0.39, 0.29) is 6.10 Å². The first-order chi connectivity index (χ1) is 9.28. The van der Waals surface area contributed by atoms with E-state index in [1.807, 2.05) is 0 Å². The fourth-order valence-corrected chi connectivity index (χ4v) is 3.34. The van der Waals surface area contributed by atoms with Gasteiger partial charge in [0.1, 0.15) is 0 Å². The summed E-state index contributed by atoms with van der Waals surface area (Å²) in [5.41, 5.74) is 1.34. The zero-order valence-corrected chi connectivity index (χ0v) is 12.2. The highest BCUT2D eigenvalue weighted by atomic mass is 16.5. The van der Waals surface area contributed by atoms with E-state index in [2.05, 4.69) is 12.2 Å². The number of hydrogen-bond acceptors (Lipinski definition) is 2. The van der Waals surface area contributed by atoms with Gasteiger partial charge in [-0.15, -0.1) is 0 Å². The van der Waals surface area contributed by atoms with Crippen molar-refractivity contribution in [1.29, 1.82) is 0 Å². The van der Waals surface area contributed by atoms with E-state index in [0.29, 0.717) is 0 Å². The normalized spacial score (nSPS) is 22.6. The molecule has 1 N–H and O–H groups in total. The van der Waals surface area contributed by atoms with E-state index in [0.717, 1.165) is 37.4 Å². The number of methoxy groups -OCH3 is 1. The van der Waals surface area contributed by atoms with E-state index >= 15 is 0 Å². The minimum atomic E-state index is -0.163. The van der Waals surface area contributed by atoms with Crippen molar-refractivity contribution >= 4 is 0 Å². The van der Waals surface area contributed by atoms with Gasteiger partial charge in [0.25, 0.3) is 0 Å². The second-order valence-corrected chi connectivity index (χ2v) is 6.09. The highest BCUT2D eigenvalue weighted by Gasteiger charge is 2.17. The first-order valence-electron chi connectivity index (χ1n) is 7.87. The molecule has 1 fully saturated rings. The van der Waals surface area contributed by atoms with Gasteiger partial charge in [0, 0.05) is 6.42 Å². The van der Waals surface area contributed by atoms with Crippen LogP contribution in [0.15, 0.2) is 23.5 Å². The van der Waals surface area contributed by atoms with Gasteiger partial charge >= 0.3 is 0 Å². The molecule has 0 amide bonds. The number of rotatable bonds is 6. The minimum absolute atomic E-state index is 0.163. The van der Waals surface area contributed by atoms with E-state index in [9.17, 15) is 5.11 Å². The van der Waals surface area contributed by atoms with Gasteiger partial charge < -0.3 is 9.84 Å². The maximum atomic E-state index is 10.2. The molecule has 0 aromatic carbocycles. The first kappa shape index (κ1) is 14.6. The molecule has 2 aliphatic rings. The quantitative estimate of drug-likeness (QED) is 0.723. The molecule has 0 radical (unpaired) electrons. The molecule has 0 saturated heterocycles.